The molecular weight excluding hydrogens is 376 g/mol. The van der Waals surface area contributed by atoms with Gasteiger partial charge in [-0.05, 0) is 41.8 Å². The average Bonchev–Trinajstić information content (AvgIpc) is 2.72. The maximum Gasteiger partial charge on any atom is 0.225 e. The van der Waals surface area contributed by atoms with Gasteiger partial charge in [0, 0.05) is 31.6 Å². The van der Waals surface area contributed by atoms with Crippen LogP contribution in [0.25, 0.3) is 0 Å². The van der Waals surface area contributed by atoms with Crippen molar-refractivity contribution in [2.75, 3.05) is 17.6 Å². The van der Waals surface area contributed by atoms with Crippen LogP contribution < -0.4 is 5.32 Å². The number of carbonyl (C=O) groups is 2. The molecule has 0 fully saturated rings. The average molecular weight is 401 g/mol. The number of benzene rings is 2. The maximum absolute atomic E-state index is 12.3. The van der Waals surface area contributed by atoms with Gasteiger partial charge in [-0.3, -0.25) is 9.59 Å². The van der Waals surface area contributed by atoms with Crippen molar-refractivity contribution in [3.63, 3.8) is 0 Å². The van der Waals surface area contributed by atoms with Crippen LogP contribution >= 0.6 is 0 Å². The fourth-order valence-electron chi connectivity index (χ4n) is 3.27. The molecule has 0 aliphatic carbocycles. The van der Waals surface area contributed by atoms with E-state index in [1.165, 1.54) is 17.7 Å². The fraction of sp³-hybridized carbons (Fsp3) is 0.333. The van der Waals surface area contributed by atoms with E-state index in [-0.39, 0.29) is 28.9 Å². The van der Waals surface area contributed by atoms with Gasteiger partial charge in [0.25, 0.3) is 0 Å². The monoisotopic (exact) mass is 400 g/mol. The second-order valence-corrected chi connectivity index (χ2v) is 8.94. The third kappa shape index (κ3) is 4.78. The van der Waals surface area contributed by atoms with Crippen LogP contribution in [-0.4, -0.2) is 37.4 Å². The highest BCUT2D eigenvalue weighted by Gasteiger charge is 2.20. The Bertz CT molecular complexity index is 971. The van der Waals surface area contributed by atoms with Crippen molar-refractivity contribution in [2.24, 2.45) is 0 Å². The molecule has 1 N–H and O–H groups in total. The lowest BCUT2D eigenvalue weighted by atomic mass is 9.99. The largest absolute Gasteiger partial charge is 0.338 e. The summed E-state index contributed by atoms with van der Waals surface area (Å²) in [4.78, 5) is 26.2. The van der Waals surface area contributed by atoms with Gasteiger partial charge in [-0.15, -0.1) is 0 Å². The number of hydrogen-bond donors (Lipinski definition) is 1. The highest BCUT2D eigenvalue weighted by Crippen LogP contribution is 2.23. The summed E-state index contributed by atoms with van der Waals surface area (Å²) in [5.41, 5.74) is 2.80. The minimum Gasteiger partial charge on any atom is -0.338 e. The number of rotatable bonds is 6. The first-order valence-corrected chi connectivity index (χ1v) is 11.0. The van der Waals surface area contributed by atoms with E-state index < -0.39 is 9.84 Å². The highest BCUT2D eigenvalue weighted by molar-refractivity contribution is 7.91. The number of amides is 2. The summed E-state index contributed by atoms with van der Waals surface area (Å²) in [6.07, 6.45) is 1.15. The Morgan fingerprint density at radius 3 is 2.54 bits per heavy atom. The highest BCUT2D eigenvalue weighted by atomic mass is 32.2. The predicted octanol–water partition coefficient (Wildman–Crippen LogP) is 2.78. The molecule has 0 saturated carbocycles. The summed E-state index contributed by atoms with van der Waals surface area (Å²) in [5.74, 6) is -0.477. The standard InChI is InChI=1S/C21H24N2O4S/c1-2-21(25)23-12-10-16-8-9-18(14-17(16)15-23)22-20(24)11-13-28(26,27)19-6-4-3-5-7-19/h3-9,14H,2,10-13,15H2,1H3,(H,22,24). The van der Waals surface area contributed by atoms with Crippen molar-refractivity contribution in [1.29, 1.82) is 0 Å². The molecule has 0 bridgehead atoms. The van der Waals surface area contributed by atoms with Crippen molar-refractivity contribution >= 4 is 27.3 Å². The molecule has 0 saturated heterocycles. The third-order valence-electron chi connectivity index (χ3n) is 4.86. The Hall–Kier alpha value is -2.67. The Morgan fingerprint density at radius 2 is 1.82 bits per heavy atom. The maximum atomic E-state index is 12.3. The normalized spacial score (nSPS) is 13.7. The molecule has 3 rings (SSSR count). The molecule has 0 unspecified atom stereocenters. The molecule has 148 valence electrons. The minimum atomic E-state index is -3.49. The first kappa shape index (κ1) is 20.1. The van der Waals surface area contributed by atoms with Crippen LogP contribution in [0, 0.1) is 0 Å². The first-order chi connectivity index (χ1) is 13.4. The van der Waals surface area contributed by atoms with E-state index in [2.05, 4.69) is 5.32 Å². The SMILES string of the molecule is CCC(=O)N1CCc2ccc(NC(=O)CCS(=O)(=O)c3ccccc3)cc2C1. The van der Waals surface area contributed by atoms with Crippen LogP contribution in [0.1, 0.15) is 30.9 Å². The Morgan fingerprint density at radius 1 is 1.07 bits per heavy atom. The number of anilines is 1. The van der Waals surface area contributed by atoms with E-state index >= 15 is 0 Å². The van der Waals surface area contributed by atoms with Crippen LogP contribution in [0.4, 0.5) is 5.69 Å². The van der Waals surface area contributed by atoms with Crippen molar-refractivity contribution < 1.29 is 18.0 Å². The van der Waals surface area contributed by atoms with Crippen LogP contribution in [0.3, 0.4) is 0 Å². The van der Waals surface area contributed by atoms with E-state index in [1.54, 1.807) is 18.2 Å². The summed E-state index contributed by atoms with van der Waals surface area (Å²) in [6.45, 7) is 3.09. The van der Waals surface area contributed by atoms with E-state index in [0.29, 0.717) is 25.2 Å². The molecule has 2 amide bonds. The van der Waals surface area contributed by atoms with Gasteiger partial charge < -0.3 is 10.2 Å². The molecule has 0 aromatic heterocycles. The van der Waals surface area contributed by atoms with Gasteiger partial charge >= 0.3 is 0 Å². The molecule has 6 nitrogen and oxygen atoms in total. The van der Waals surface area contributed by atoms with Crippen LogP contribution in [0.2, 0.25) is 0 Å². The van der Waals surface area contributed by atoms with Crippen molar-refractivity contribution in [2.45, 2.75) is 37.6 Å². The Kier molecular flexibility index (Phi) is 6.14. The van der Waals surface area contributed by atoms with E-state index in [1.807, 2.05) is 30.0 Å². The van der Waals surface area contributed by atoms with Gasteiger partial charge in [-0.1, -0.05) is 31.2 Å². The molecule has 0 spiro atoms. The van der Waals surface area contributed by atoms with Crippen molar-refractivity contribution in [1.82, 2.24) is 4.90 Å². The zero-order chi connectivity index (χ0) is 20.1. The summed E-state index contributed by atoms with van der Waals surface area (Å²) in [5, 5.41) is 2.77. The molecule has 1 heterocycles. The first-order valence-electron chi connectivity index (χ1n) is 9.36. The van der Waals surface area contributed by atoms with E-state index in [4.69, 9.17) is 0 Å². The zero-order valence-corrected chi connectivity index (χ0v) is 16.7. The van der Waals surface area contributed by atoms with Gasteiger partial charge in [0.1, 0.15) is 0 Å². The van der Waals surface area contributed by atoms with Crippen molar-refractivity contribution in [3.8, 4) is 0 Å². The van der Waals surface area contributed by atoms with Gasteiger partial charge in [-0.25, -0.2) is 8.42 Å². The third-order valence-corrected chi connectivity index (χ3v) is 6.59. The van der Waals surface area contributed by atoms with Gasteiger partial charge in [0.15, 0.2) is 9.84 Å². The van der Waals surface area contributed by atoms with Gasteiger partial charge in [-0.2, -0.15) is 0 Å². The topological polar surface area (TPSA) is 83.6 Å². The number of nitrogens with zero attached hydrogens (tertiary/aromatic N) is 1. The van der Waals surface area contributed by atoms with Crippen LogP contribution in [0.5, 0.6) is 0 Å². The molecule has 2 aromatic carbocycles. The fourth-order valence-corrected chi connectivity index (χ4v) is 4.53. The van der Waals surface area contributed by atoms with Crippen LogP contribution in [-0.2, 0) is 32.4 Å². The van der Waals surface area contributed by atoms with Gasteiger partial charge in [0.05, 0.1) is 10.6 Å². The minimum absolute atomic E-state index is 0.116. The number of carbonyl (C=O) groups excluding carboxylic acids is 2. The number of nitrogens with one attached hydrogen (secondary N) is 1. The van der Waals surface area contributed by atoms with Crippen LogP contribution in [0.15, 0.2) is 53.4 Å². The number of hydrogen-bond acceptors (Lipinski definition) is 4. The summed E-state index contributed by atoms with van der Waals surface area (Å²) in [6, 6.07) is 13.8. The van der Waals surface area contributed by atoms with E-state index in [0.717, 1.165) is 12.0 Å². The van der Waals surface area contributed by atoms with Crippen molar-refractivity contribution in [3.05, 3.63) is 59.7 Å². The molecule has 0 radical (unpaired) electrons. The summed E-state index contributed by atoms with van der Waals surface area (Å²) >= 11 is 0. The Labute approximate surface area is 165 Å². The Balaban J connectivity index is 1.61. The molecule has 28 heavy (non-hydrogen) atoms. The molecule has 1 aliphatic heterocycles. The lowest BCUT2D eigenvalue weighted by Crippen LogP contribution is -2.35. The quantitative estimate of drug-likeness (QED) is 0.808. The van der Waals surface area contributed by atoms with Gasteiger partial charge in [0.2, 0.25) is 11.8 Å². The van der Waals surface area contributed by atoms with E-state index in [9.17, 15) is 18.0 Å². The number of fused-ring (bicyclic) bond motifs is 1. The zero-order valence-electron chi connectivity index (χ0n) is 15.8. The molecule has 0 atom stereocenters. The summed E-state index contributed by atoms with van der Waals surface area (Å²) in [7, 11) is -3.49. The second kappa shape index (κ2) is 8.56. The molecule has 2 aromatic rings. The lowest BCUT2D eigenvalue weighted by Gasteiger charge is -2.29. The molecule has 1 aliphatic rings. The smallest absolute Gasteiger partial charge is 0.225 e. The molecule has 7 heteroatoms. The lowest BCUT2D eigenvalue weighted by molar-refractivity contribution is -0.131. The second-order valence-electron chi connectivity index (χ2n) is 6.83. The predicted molar refractivity (Wildman–Crippen MR) is 108 cm³/mol. The molecular formula is C21H24N2O4S. The summed E-state index contributed by atoms with van der Waals surface area (Å²) < 4.78 is 24.6. The number of sulfone groups is 1.